The first-order valence-electron chi connectivity index (χ1n) is 3.51. The van der Waals surface area contributed by atoms with E-state index < -0.39 is 0 Å². The monoisotopic (exact) mass is 234 g/mol. The van der Waals surface area contributed by atoms with E-state index in [4.69, 9.17) is 28.9 Å². The number of halogens is 2. The summed E-state index contributed by atoms with van der Waals surface area (Å²) < 4.78 is 0. The zero-order valence-corrected chi connectivity index (χ0v) is 9.07. The van der Waals surface area contributed by atoms with E-state index in [9.17, 15) is 0 Å². The summed E-state index contributed by atoms with van der Waals surface area (Å²) >= 11 is 15.5. The number of nitrogens with two attached hydrogens (primary N) is 1. The SMILES string of the molecule is NC(CCl)=Nc1c(S)cccc1Cl. The van der Waals surface area contributed by atoms with Crippen LogP contribution in [0.25, 0.3) is 0 Å². The van der Waals surface area contributed by atoms with Gasteiger partial charge in [-0.15, -0.1) is 24.2 Å². The number of thiol groups is 1. The lowest BCUT2D eigenvalue weighted by molar-refractivity contribution is 1.36. The third-order valence-corrected chi connectivity index (χ3v) is 2.30. The van der Waals surface area contributed by atoms with Crippen molar-refractivity contribution < 1.29 is 0 Å². The molecule has 0 atom stereocenters. The molecule has 2 nitrogen and oxygen atoms in total. The average Bonchev–Trinajstić information content (AvgIpc) is 2.11. The van der Waals surface area contributed by atoms with Crippen LogP contribution in [0.15, 0.2) is 28.1 Å². The molecule has 0 aliphatic rings. The third-order valence-electron chi connectivity index (χ3n) is 1.36. The maximum absolute atomic E-state index is 5.88. The molecule has 5 heteroatoms. The van der Waals surface area contributed by atoms with Crippen LogP contribution in [0.3, 0.4) is 0 Å². The van der Waals surface area contributed by atoms with Crippen molar-refractivity contribution >= 4 is 47.4 Å². The fourth-order valence-corrected chi connectivity index (χ4v) is 1.39. The lowest BCUT2D eigenvalue weighted by atomic mass is 10.3. The maximum atomic E-state index is 5.88. The van der Waals surface area contributed by atoms with Crippen LogP contribution in [0.5, 0.6) is 0 Å². The summed E-state index contributed by atoms with van der Waals surface area (Å²) in [7, 11) is 0. The molecule has 70 valence electrons. The Labute approximate surface area is 92.2 Å². The van der Waals surface area contributed by atoms with E-state index in [-0.39, 0.29) is 5.88 Å². The predicted molar refractivity (Wildman–Crippen MR) is 60.7 cm³/mol. The van der Waals surface area contributed by atoms with Crippen molar-refractivity contribution in [3.05, 3.63) is 23.2 Å². The van der Waals surface area contributed by atoms with Gasteiger partial charge in [-0.2, -0.15) is 0 Å². The Morgan fingerprint density at radius 2 is 2.23 bits per heavy atom. The number of hydrogen-bond acceptors (Lipinski definition) is 2. The second kappa shape index (κ2) is 4.74. The first kappa shape index (κ1) is 10.7. The molecule has 0 amide bonds. The molecule has 0 saturated carbocycles. The van der Waals surface area contributed by atoms with Crippen LogP contribution in [-0.4, -0.2) is 11.7 Å². The summed E-state index contributed by atoms with van der Waals surface area (Å²) in [5.41, 5.74) is 6.03. The lowest BCUT2D eigenvalue weighted by Gasteiger charge is -2.02. The number of nitrogens with zero attached hydrogens (tertiary/aromatic N) is 1. The highest BCUT2D eigenvalue weighted by molar-refractivity contribution is 7.80. The number of rotatable bonds is 2. The van der Waals surface area contributed by atoms with Crippen molar-refractivity contribution in [2.75, 3.05) is 5.88 Å². The van der Waals surface area contributed by atoms with E-state index in [0.717, 1.165) is 0 Å². The first-order chi connectivity index (χ1) is 6.15. The fraction of sp³-hybridized carbons (Fsp3) is 0.125. The first-order valence-corrected chi connectivity index (χ1v) is 4.87. The van der Waals surface area contributed by atoms with Crippen LogP contribution in [0, 0.1) is 0 Å². The van der Waals surface area contributed by atoms with Crippen LogP contribution in [-0.2, 0) is 0 Å². The van der Waals surface area contributed by atoms with E-state index >= 15 is 0 Å². The van der Waals surface area contributed by atoms with Gasteiger partial charge in [-0.1, -0.05) is 17.7 Å². The molecule has 0 aliphatic carbocycles. The van der Waals surface area contributed by atoms with Crippen molar-refractivity contribution in [1.29, 1.82) is 0 Å². The molecule has 1 aromatic carbocycles. The van der Waals surface area contributed by atoms with Crippen molar-refractivity contribution in [2.45, 2.75) is 4.90 Å². The molecule has 0 bridgehead atoms. The molecular weight excluding hydrogens is 227 g/mol. The minimum atomic E-state index is 0.179. The summed E-state index contributed by atoms with van der Waals surface area (Å²) in [6.07, 6.45) is 0. The van der Waals surface area contributed by atoms with Gasteiger partial charge in [-0.3, -0.25) is 0 Å². The van der Waals surface area contributed by atoms with Crippen LogP contribution in [0.4, 0.5) is 5.69 Å². The molecule has 0 saturated heterocycles. The normalized spacial score (nSPS) is 11.8. The Kier molecular flexibility index (Phi) is 3.90. The number of aliphatic imine (C=N–C) groups is 1. The van der Waals surface area contributed by atoms with Crippen LogP contribution in [0.2, 0.25) is 5.02 Å². The van der Waals surface area contributed by atoms with Gasteiger partial charge >= 0.3 is 0 Å². The molecule has 1 aromatic rings. The zero-order chi connectivity index (χ0) is 9.84. The summed E-state index contributed by atoms with van der Waals surface area (Å²) in [6.45, 7) is 0. The van der Waals surface area contributed by atoms with Gasteiger partial charge in [0.2, 0.25) is 0 Å². The van der Waals surface area contributed by atoms with Crippen molar-refractivity contribution in [2.24, 2.45) is 10.7 Å². The Morgan fingerprint density at radius 3 is 2.77 bits per heavy atom. The number of hydrogen-bond donors (Lipinski definition) is 2. The lowest BCUT2D eigenvalue weighted by Crippen LogP contribution is -2.12. The Morgan fingerprint density at radius 1 is 1.54 bits per heavy atom. The average molecular weight is 235 g/mol. The van der Waals surface area contributed by atoms with Gasteiger partial charge in [0, 0.05) is 4.90 Å². The van der Waals surface area contributed by atoms with Crippen molar-refractivity contribution in [3.8, 4) is 0 Å². The van der Waals surface area contributed by atoms with Gasteiger partial charge in [0.15, 0.2) is 0 Å². The fourth-order valence-electron chi connectivity index (χ4n) is 0.788. The Balaban J connectivity index is 3.14. The minimum absolute atomic E-state index is 0.179. The summed E-state index contributed by atoms with van der Waals surface area (Å²) in [4.78, 5) is 4.71. The molecule has 0 aliphatic heterocycles. The quantitative estimate of drug-likeness (QED) is 0.352. The molecule has 0 unspecified atom stereocenters. The van der Waals surface area contributed by atoms with Gasteiger partial charge < -0.3 is 5.73 Å². The largest absolute Gasteiger partial charge is 0.386 e. The smallest absolute Gasteiger partial charge is 0.115 e. The summed E-state index contributed by atoms with van der Waals surface area (Å²) in [5, 5.41) is 0.514. The molecular formula is C8H8Cl2N2S. The standard InChI is InChI=1S/C8H8Cl2N2S/c9-4-7(11)12-8-5(10)2-1-3-6(8)13/h1-3,13H,4H2,(H2,11,12). The van der Waals surface area contributed by atoms with Gasteiger partial charge in [0.25, 0.3) is 0 Å². The van der Waals surface area contributed by atoms with E-state index in [2.05, 4.69) is 17.6 Å². The highest BCUT2D eigenvalue weighted by Crippen LogP contribution is 2.31. The molecule has 1 rings (SSSR count). The number of para-hydroxylation sites is 1. The van der Waals surface area contributed by atoms with Crippen molar-refractivity contribution in [3.63, 3.8) is 0 Å². The van der Waals surface area contributed by atoms with E-state index in [1.807, 2.05) is 0 Å². The molecule has 0 aromatic heterocycles. The van der Waals surface area contributed by atoms with Crippen LogP contribution in [0.1, 0.15) is 0 Å². The summed E-state index contributed by atoms with van der Waals surface area (Å²) in [5.74, 6) is 0.503. The van der Waals surface area contributed by atoms with E-state index in [0.29, 0.717) is 21.4 Å². The summed E-state index contributed by atoms with van der Waals surface area (Å²) in [6, 6.07) is 5.30. The predicted octanol–water partition coefficient (Wildman–Crippen LogP) is 2.86. The maximum Gasteiger partial charge on any atom is 0.115 e. The zero-order valence-electron chi connectivity index (χ0n) is 6.67. The molecule has 13 heavy (non-hydrogen) atoms. The Bertz CT molecular complexity index is 319. The second-order valence-corrected chi connectivity index (χ2v) is 3.50. The number of benzene rings is 1. The molecule has 0 radical (unpaired) electrons. The van der Waals surface area contributed by atoms with Crippen molar-refractivity contribution in [1.82, 2.24) is 0 Å². The van der Waals surface area contributed by atoms with Gasteiger partial charge in [0.1, 0.15) is 5.84 Å². The molecule has 0 spiro atoms. The number of alkyl halides is 1. The second-order valence-electron chi connectivity index (χ2n) is 2.34. The highest BCUT2D eigenvalue weighted by Gasteiger charge is 2.02. The molecule has 0 fully saturated rings. The van der Waals surface area contributed by atoms with Crippen LogP contribution >= 0.6 is 35.8 Å². The van der Waals surface area contributed by atoms with E-state index in [1.165, 1.54) is 0 Å². The minimum Gasteiger partial charge on any atom is -0.386 e. The van der Waals surface area contributed by atoms with Crippen LogP contribution < -0.4 is 5.73 Å². The number of amidine groups is 1. The Hall–Kier alpha value is -0.380. The van der Waals surface area contributed by atoms with Gasteiger partial charge in [-0.25, -0.2) is 4.99 Å². The molecule has 0 heterocycles. The van der Waals surface area contributed by atoms with Gasteiger partial charge in [0.05, 0.1) is 16.6 Å². The van der Waals surface area contributed by atoms with E-state index in [1.54, 1.807) is 18.2 Å². The topological polar surface area (TPSA) is 38.4 Å². The third kappa shape index (κ3) is 2.79. The van der Waals surface area contributed by atoms with Gasteiger partial charge in [-0.05, 0) is 12.1 Å². The molecule has 2 N–H and O–H groups in total. The highest BCUT2D eigenvalue weighted by atomic mass is 35.5.